The molecular weight excluding hydrogens is 378 g/mol. The highest BCUT2D eigenvalue weighted by atomic mass is 32.2. The molecule has 3 rings (SSSR count). The van der Waals surface area contributed by atoms with Crippen LogP contribution in [0.5, 0.6) is 0 Å². The number of carbonyl (C=O) groups is 1. The third kappa shape index (κ3) is 4.19. The van der Waals surface area contributed by atoms with Crippen LogP contribution in [-0.4, -0.2) is 26.4 Å². The van der Waals surface area contributed by atoms with Gasteiger partial charge in [-0.25, -0.2) is 0 Å². The van der Waals surface area contributed by atoms with E-state index in [1.807, 2.05) is 7.05 Å². The summed E-state index contributed by atoms with van der Waals surface area (Å²) in [6.45, 7) is 6.90. The number of aryl methyl sites for hydroxylation is 1. The molecule has 1 aliphatic rings. The van der Waals surface area contributed by atoms with Crippen LogP contribution in [0.4, 0.5) is 5.00 Å². The van der Waals surface area contributed by atoms with Crippen molar-refractivity contribution in [2.24, 2.45) is 18.4 Å². The van der Waals surface area contributed by atoms with Crippen LogP contribution in [-0.2, 0) is 24.7 Å². The number of nitriles is 1. The SMILES string of the molecule is CCC(C)(C)[C@@H]1CCc2c(sc(NC(=O)CSc3nncn3C)c2C#N)C1. The van der Waals surface area contributed by atoms with Gasteiger partial charge >= 0.3 is 0 Å². The van der Waals surface area contributed by atoms with Crippen molar-refractivity contribution in [3.63, 3.8) is 0 Å². The number of fused-ring (bicyclic) bond motifs is 1. The summed E-state index contributed by atoms with van der Waals surface area (Å²) in [6, 6.07) is 2.32. The molecule has 0 aromatic carbocycles. The molecule has 0 saturated carbocycles. The topological polar surface area (TPSA) is 83.6 Å². The number of amides is 1. The van der Waals surface area contributed by atoms with Crippen molar-refractivity contribution >= 4 is 34.0 Å². The molecule has 2 aromatic rings. The first-order valence-electron chi connectivity index (χ1n) is 9.17. The number of thiophene rings is 1. The highest BCUT2D eigenvalue weighted by Crippen LogP contribution is 2.45. The van der Waals surface area contributed by atoms with Crippen molar-refractivity contribution in [2.75, 3.05) is 11.1 Å². The minimum Gasteiger partial charge on any atom is -0.316 e. The zero-order chi connectivity index (χ0) is 19.6. The molecule has 0 unspecified atom stereocenters. The standard InChI is InChI=1S/C19H25N5OS2/c1-5-19(2,3)12-6-7-13-14(9-20)17(27-15(13)8-12)22-16(25)10-26-18-23-21-11-24(18)4/h11-12H,5-8,10H2,1-4H3,(H,22,25)/t12-/m1/s1. The molecule has 27 heavy (non-hydrogen) atoms. The van der Waals surface area contributed by atoms with E-state index in [0.29, 0.717) is 27.1 Å². The number of nitrogens with one attached hydrogen (secondary N) is 1. The zero-order valence-corrected chi connectivity index (χ0v) is 17.8. The Hall–Kier alpha value is -1.85. The van der Waals surface area contributed by atoms with Gasteiger partial charge in [0.1, 0.15) is 17.4 Å². The van der Waals surface area contributed by atoms with E-state index in [9.17, 15) is 10.1 Å². The molecule has 1 N–H and O–H groups in total. The van der Waals surface area contributed by atoms with E-state index in [1.165, 1.54) is 16.6 Å². The number of carbonyl (C=O) groups excluding carboxylic acids is 1. The predicted molar refractivity (Wildman–Crippen MR) is 109 cm³/mol. The summed E-state index contributed by atoms with van der Waals surface area (Å²) in [5.74, 6) is 0.740. The minimum absolute atomic E-state index is 0.122. The van der Waals surface area contributed by atoms with Gasteiger partial charge in [-0.3, -0.25) is 4.79 Å². The van der Waals surface area contributed by atoms with Gasteiger partial charge in [0.25, 0.3) is 0 Å². The van der Waals surface area contributed by atoms with Gasteiger partial charge in [-0.05, 0) is 36.2 Å². The molecule has 0 bridgehead atoms. The number of hydrogen-bond donors (Lipinski definition) is 1. The van der Waals surface area contributed by atoms with E-state index in [0.717, 1.165) is 31.2 Å². The lowest BCUT2D eigenvalue weighted by Crippen LogP contribution is -2.28. The Labute approximate surface area is 168 Å². The Morgan fingerprint density at radius 2 is 2.33 bits per heavy atom. The monoisotopic (exact) mass is 403 g/mol. The zero-order valence-electron chi connectivity index (χ0n) is 16.2. The summed E-state index contributed by atoms with van der Waals surface area (Å²) in [7, 11) is 1.84. The summed E-state index contributed by atoms with van der Waals surface area (Å²) in [6.07, 6.45) is 5.78. The highest BCUT2D eigenvalue weighted by molar-refractivity contribution is 7.99. The Morgan fingerprint density at radius 1 is 1.56 bits per heavy atom. The molecule has 0 radical (unpaired) electrons. The second kappa shape index (κ2) is 8.03. The van der Waals surface area contributed by atoms with Gasteiger partial charge in [0, 0.05) is 11.9 Å². The summed E-state index contributed by atoms with van der Waals surface area (Å²) < 4.78 is 1.78. The van der Waals surface area contributed by atoms with Crippen LogP contribution in [0.1, 0.15) is 49.6 Å². The van der Waals surface area contributed by atoms with Crippen molar-refractivity contribution in [1.29, 1.82) is 5.26 Å². The maximum Gasteiger partial charge on any atom is 0.235 e. The van der Waals surface area contributed by atoms with Crippen LogP contribution in [0.3, 0.4) is 0 Å². The first-order chi connectivity index (χ1) is 12.9. The van der Waals surface area contributed by atoms with Crippen molar-refractivity contribution in [3.05, 3.63) is 22.3 Å². The average Bonchev–Trinajstić information content (AvgIpc) is 3.21. The van der Waals surface area contributed by atoms with E-state index in [2.05, 4.69) is 42.4 Å². The maximum absolute atomic E-state index is 12.4. The van der Waals surface area contributed by atoms with E-state index >= 15 is 0 Å². The Bertz CT molecular complexity index is 877. The first kappa shape index (κ1) is 19.9. The minimum atomic E-state index is -0.122. The molecule has 0 spiro atoms. The number of rotatable bonds is 6. The number of anilines is 1. The Balaban J connectivity index is 1.71. The fourth-order valence-corrected chi connectivity index (χ4v) is 5.43. The molecule has 8 heteroatoms. The van der Waals surface area contributed by atoms with Crippen LogP contribution in [0.25, 0.3) is 0 Å². The van der Waals surface area contributed by atoms with E-state index in [-0.39, 0.29) is 11.7 Å². The van der Waals surface area contributed by atoms with Crippen molar-refractivity contribution in [1.82, 2.24) is 14.8 Å². The molecule has 2 aromatic heterocycles. The van der Waals surface area contributed by atoms with Crippen LogP contribution in [0, 0.1) is 22.7 Å². The van der Waals surface area contributed by atoms with Crippen molar-refractivity contribution in [2.45, 2.75) is 51.6 Å². The van der Waals surface area contributed by atoms with Gasteiger partial charge in [0.05, 0.1) is 11.3 Å². The molecule has 0 fully saturated rings. The molecule has 2 heterocycles. The summed E-state index contributed by atoms with van der Waals surface area (Å²) in [5.41, 5.74) is 2.09. The molecule has 0 saturated heterocycles. The summed E-state index contributed by atoms with van der Waals surface area (Å²) >= 11 is 2.91. The molecule has 0 aliphatic heterocycles. The van der Waals surface area contributed by atoms with Gasteiger partial charge in [0.2, 0.25) is 5.91 Å². The molecule has 144 valence electrons. The van der Waals surface area contributed by atoms with E-state index in [4.69, 9.17) is 0 Å². The first-order valence-corrected chi connectivity index (χ1v) is 11.0. The lowest BCUT2D eigenvalue weighted by Gasteiger charge is -2.36. The van der Waals surface area contributed by atoms with Gasteiger partial charge in [0.15, 0.2) is 5.16 Å². The largest absolute Gasteiger partial charge is 0.316 e. The number of hydrogen-bond acceptors (Lipinski definition) is 6. The number of aromatic nitrogens is 3. The highest BCUT2D eigenvalue weighted by Gasteiger charge is 2.34. The summed E-state index contributed by atoms with van der Waals surface area (Å²) in [5, 5.41) is 21.8. The lowest BCUT2D eigenvalue weighted by molar-refractivity contribution is -0.113. The van der Waals surface area contributed by atoms with E-state index in [1.54, 1.807) is 22.2 Å². The molecule has 1 aliphatic carbocycles. The third-order valence-corrected chi connectivity index (χ3v) is 7.85. The molecule has 6 nitrogen and oxygen atoms in total. The van der Waals surface area contributed by atoms with Crippen LogP contribution in [0.2, 0.25) is 0 Å². The maximum atomic E-state index is 12.4. The Kier molecular flexibility index (Phi) is 5.92. The predicted octanol–water partition coefficient (Wildman–Crippen LogP) is 4.02. The van der Waals surface area contributed by atoms with Crippen molar-refractivity contribution in [3.8, 4) is 6.07 Å². The number of nitrogens with zero attached hydrogens (tertiary/aromatic N) is 4. The van der Waals surface area contributed by atoms with E-state index < -0.39 is 0 Å². The Morgan fingerprint density at radius 3 is 2.96 bits per heavy atom. The van der Waals surface area contributed by atoms with Crippen LogP contribution in [0.15, 0.2) is 11.5 Å². The van der Waals surface area contributed by atoms with Crippen LogP contribution >= 0.6 is 23.1 Å². The molecular formula is C19H25N5OS2. The van der Waals surface area contributed by atoms with Gasteiger partial charge in [-0.1, -0.05) is 39.0 Å². The molecule has 1 amide bonds. The third-order valence-electron chi connectivity index (χ3n) is 5.65. The average molecular weight is 404 g/mol. The van der Waals surface area contributed by atoms with Gasteiger partial charge < -0.3 is 9.88 Å². The summed E-state index contributed by atoms with van der Waals surface area (Å²) in [4.78, 5) is 13.6. The smallest absolute Gasteiger partial charge is 0.235 e. The van der Waals surface area contributed by atoms with Gasteiger partial charge in [-0.15, -0.1) is 21.5 Å². The fraction of sp³-hybridized carbons (Fsp3) is 0.579. The quantitative estimate of drug-likeness (QED) is 0.737. The van der Waals surface area contributed by atoms with Crippen molar-refractivity contribution < 1.29 is 4.79 Å². The molecule has 1 atom stereocenters. The second-order valence-electron chi connectivity index (χ2n) is 7.66. The van der Waals surface area contributed by atoms with Gasteiger partial charge in [-0.2, -0.15) is 5.26 Å². The second-order valence-corrected chi connectivity index (χ2v) is 9.71. The van der Waals surface area contributed by atoms with Crippen LogP contribution < -0.4 is 5.32 Å². The normalized spacial score (nSPS) is 16.6. The lowest BCUT2D eigenvalue weighted by atomic mass is 9.69. The fourth-order valence-electron chi connectivity index (χ4n) is 3.44. The number of thioether (sulfide) groups is 1.